The maximum Gasteiger partial charge on any atom is 0.243 e. The van der Waals surface area contributed by atoms with E-state index in [-0.39, 0.29) is 28.4 Å². The summed E-state index contributed by atoms with van der Waals surface area (Å²) in [6, 6.07) is 5.29. The lowest BCUT2D eigenvalue weighted by atomic mass is 10.2. The van der Waals surface area contributed by atoms with Crippen molar-refractivity contribution in [1.29, 1.82) is 0 Å². The van der Waals surface area contributed by atoms with Crippen LogP contribution in [0.25, 0.3) is 0 Å². The Balaban J connectivity index is 2.28. The molecule has 7 nitrogen and oxygen atoms in total. The molecule has 0 bridgehead atoms. The number of sulfonamides is 2. The molecule has 0 unspecified atom stereocenters. The zero-order valence-corrected chi connectivity index (χ0v) is 17.1. The van der Waals surface area contributed by atoms with Crippen molar-refractivity contribution < 1.29 is 21.6 Å². The number of nitrogens with one attached hydrogen (secondary N) is 1. The van der Waals surface area contributed by atoms with Gasteiger partial charge in [0.1, 0.15) is 0 Å². The van der Waals surface area contributed by atoms with Gasteiger partial charge < -0.3 is 4.74 Å². The summed E-state index contributed by atoms with van der Waals surface area (Å²) in [7, 11) is -5.80. The molecule has 1 aliphatic rings. The van der Waals surface area contributed by atoms with E-state index in [9.17, 15) is 16.8 Å². The van der Waals surface area contributed by atoms with Gasteiger partial charge in [-0.05, 0) is 49.9 Å². The van der Waals surface area contributed by atoms with E-state index in [1.165, 1.54) is 35.7 Å². The predicted molar refractivity (Wildman–Crippen MR) is 99.9 cm³/mol. The third kappa shape index (κ3) is 5.04. The van der Waals surface area contributed by atoms with Gasteiger partial charge in [0.25, 0.3) is 0 Å². The topological polar surface area (TPSA) is 92.8 Å². The van der Waals surface area contributed by atoms with Crippen LogP contribution < -0.4 is 4.72 Å². The van der Waals surface area contributed by atoms with E-state index in [1.807, 2.05) is 13.8 Å². The first-order valence-electron chi connectivity index (χ1n) is 8.89. The van der Waals surface area contributed by atoms with Gasteiger partial charge in [-0.15, -0.1) is 0 Å². The molecule has 1 aliphatic carbocycles. The van der Waals surface area contributed by atoms with E-state index in [4.69, 9.17) is 4.74 Å². The Morgan fingerprint density at radius 2 is 1.62 bits per heavy atom. The standard InChI is InChI=1S/C17H28N2O5S2/c1-4-15(5-2)19(12-13-24-3)26(22,23)17-10-8-16(9-11-17)25(20,21)18-14-6-7-14/h8-11,14-15,18H,4-7,12-13H2,1-3H3. The van der Waals surface area contributed by atoms with Gasteiger partial charge in [0.15, 0.2) is 0 Å². The summed E-state index contributed by atoms with van der Waals surface area (Å²) in [5.74, 6) is 0. The third-order valence-electron chi connectivity index (χ3n) is 4.51. The lowest BCUT2D eigenvalue weighted by molar-refractivity contribution is 0.163. The van der Waals surface area contributed by atoms with Crippen LogP contribution in [0.1, 0.15) is 39.5 Å². The van der Waals surface area contributed by atoms with Crippen molar-refractivity contribution in [2.24, 2.45) is 0 Å². The van der Waals surface area contributed by atoms with Gasteiger partial charge in [0.05, 0.1) is 16.4 Å². The fourth-order valence-corrected chi connectivity index (χ4v) is 5.85. The minimum atomic E-state index is -3.73. The normalized spacial score (nSPS) is 15.7. The van der Waals surface area contributed by atoms with Crippen molar-refractivity contribution in [3.8, 4) is 0 Å². The van der Waals surface area contributed by atoms with Gasteiger partial charge in [-0.3, -0.25) is 0 Å². The molecule has 0 heterocycles. The van der Waals surface area contributed by atoms with Crippen LogP contribution in [0.4, 0.5) is 0 Å². The van der Waals surface area contributed by atoms with E-state index >= 15 is 0 Å². The Labute approximate surface area is 156 Å². The van der Waals surface area contributed by atoms with Crippen molar-refractivity contribution in [1.82, 2.24) is 9.03 Å². The van der Waals surface area contributed by atoms with E-state index in [1.54, 1.807) is 0 Å². The molecule has 0 amide bonds. The predicted octanol–water partition coefficient (Wildman–Crippen LogP) is 1.95. The lowest BCUT2D eigenvalue weighted by Crippen LogP contribution is -2.41. The summed E-state index contributed by atoms with van der Waals surface area (Å²) in [6.07, 6.45) is 3.07. The number of methoxy groups -OCH3 is 1. The summed E-state index contributed by atoms with van der Waals surface area (Å²) in [6.45, 7) is 4.45. The maximum absolute atomic E-state index is 13.1. The molecule has 1 aromatic rings. The molecule has 1 aromatic carbocycles. The number of hydrogen-bond acceptors (Lipinski definition) is 5. The first-order valence-corrected chi connectivity index (χ1v) is 11.8. The molecular formula is C17H28N2O5S2. The van der Waals surface area contributed by atoms with Crippen LogP contribution >= 0.6 is 0 Å². The highest BCUT2D eigenvalue weighted by Crippen LogP contribution is 2.25. The molecule has 9 heteroatoms. The zero-order valence-electron chi connectivity index (χ0n) is 15.5. The van der Waals surface area contributed by atoms with Gasteiger partial charge in [-0.1, -0.05) is 13.8 Å². The number of ether oxygens (including phenoxy) is 1. The van der Waals surface area contributed by atoms with E-state index in [0.29, 0.717) is 19.4 Å². The monoisotopic (exact) mass is 404 g/mol. The minimum Gasteiger partial charge on any atom is -0.383 e. The Hall–Kier alpha value is -1.00. The Morgan fingerprint density at radius 3 is 2.08 bits per heavy atom. The summed E-state index contributed by atoms with van der Waals surface area (Å²) in [5.41, 5.74) is 0. The van der Waals surface area contributed by atoms with Crippen LogP contribution in [0.3, 0.4) is 0 Å². The molecular weight excluding hydrogens is 376 g/mol. The molecule has 0 radical (unpaired) electrons. The molecule has 1 fully saturated rings. The van der Waals surface area contributed by atoms with Crippen LogP contribution in [0, 0.1) is 0 Å². The molecule has 0 aromatic heterocycles. The Bertz CT molecular complexity index is 783. The Kier molecular flexibility index (Phi) is 7.20. The number of rotatable bonds is 11. The molecule has 0 atom stereocenters. The molecule has 26 heavy (non-hydrogen) atoms. The summed E-state index contributed by atoms with van der Waals surface area (Å²) in [5, 5.41) is 0. The summed E-state index contributed by atoms with van der Waals surface area (Å²) in [4.78, 5) is 0.167. The molecule has 1 N–H and O–H groups in total. The quantitative estimate of drug-likeness (QED) is 0.608. The average molecular weight is 405 g/mol. The van der Waals surface area contributed by atoms with Gasteiger partial charge in [-0.25, -0.2) is 21.6 Å². The highest BCUT2D eigenvalue weighted by Gasteiger charge is 2.31. The van der Waals surface area contributed by atoms with Crippen molar-refractivity contribution in [3.05, 3.63) is 24.3 Å². The molecule has 148 valence electrons. The van der Waals surface area contributed by atoms with E-state index in [0.717, 1.165) is 12.8 Å². The van der Waals surface area contributed by atoms with Crippen molar-refractivity contribution in [2.75, 3.05) is 20.3 Å². The maximum atomic E-state index is 13.1. The van der Waals surface area contributed by atoms with Crippen molar-refractivity contribution in [2.45, 2.75) is 61.4 Å². The van der Waals surface area contributed by atoms with Crippen LogP contribution in [0.15, 0.2) is 34.1 Å². The molecule has 2 rings (SSSR count). The van der Waals surface area contributed by atoms with Crippen molar-refractivity contribution in [3.63, 3.8) is 0 Å². The second-order valence-corrected chi connectivity index (χ2v) is 10.1. The molecule has 0 aliphatic heterocycles. The molecule has 0 spiro atoms. The van der Waals surface area contributed by atoms with Gasteiger partial charge in [-0.2, -0.15) is 4.31 Å². The second kappa shape index (κ2) is 8.79. The van der Waals surface area contributed by atoms with Gasteiger partial charge in [0.2, 0.25) is 20.0 Å². The second-order valence-electron chi connectivity index (χ2n) is 6.45. The summed E-state index contributed by atoms with van der Waals surface area (Å²) >= 11 is 0. The number of nitrogens with zero attached hydrogens (tertiary/aromatic N) is 1. The van der Waals surface area contributed by atoms with Gasteiger partial charge in [0, 0.05) is 25.7 Å². The molecule has 0 saturated heterocycles. The zero-order chi connectivity index (χ0) is 19.4. The number of benzene rings is 1. The first kappa shape index (κ1) is 21.3. The highest BCUT2D eigenvalue weighted by molar-refractivity contribution is 7.89. The first-order chi connectivity index (χ1) is 12.3. The van der Waals surface area contributed by atoms with Crippen molar-refractivity contribution >= 4 is 20.0 Å². The van der Waals surface area contributed by atoms with Gasteiger partial charge >= 0.3 is 0 Å². The number of hydrogen-bond donors (Lipinski definition) is 1. The van der Waals surface area contributed by atoms with Crippen LogP contribution in [0.5, 0.6) is 0 Å². The average Bonchev–Trinajstić information content (AvgIpc) is 3.42. The SMILES string of the molecule is CCC(CC)N(CCOC)S(=O)(=O)c1ccc(S(=O)(=O)NC2CC2)cc1. The third-order valence-corrected chi connectivity index (χ3v) is 8.01. The minimum absolute atomic E-state index is 0.00260. The smallest absolute Gasteiger partial charge is 0.243 e. The van der Waals surface area contributed by atoms with E-state index in [2.05, 4.69) is 4.72 Å². The summed E-state index contributed by atoms with van der Waals surface area (Å²) < 4.78 is 59.7. The lowest BCUT2D eigenvalue weighted by Gasteiger charge is -2.29. The fourth-order valence-electron chi connectivity index (χ4n) is 2.79. The fraction of sp³-hybridized carbons (Fsp3) is 0.647. The molecule has 1 saturated carbocycles. The van der Waals surface area contributed by atoms with Crippen LogP contribution in [0.2, 0.25) is 0 Å². The van der Waals surface area contributed by atoms with Crippen LogP contribution in [-0.4, -0.2) is 53.5 Å². The van der Waals surface area contributed by atoms with Crippen LogP contribution in [-0.2, 0) is 24.8 Å². The largest absolute Gasteiger partial charge is 0.383 e. The van der Waals surface area contributed by atoms with E-state index < -0.39 is 20.0 Å². The Morgan fingerprint density at radius 1 is 1.08 bits per heavy atom. The highest BCUT2D eigenvalue weighted by atomic mass is 32.2.